The number of rotatable bonds is 6. The molecule has 0 saturated heterocycles. The van der Waals surface area contributed by atoms with Crippen molar-refractivity contribution in [2.24, 2.45) is 0 Å². The van der Waals surface area contributed by atoms with Crippen LogP contribution in [0, 0.1) is 12.3 Å². The topological polar surface area (TPSA) is 40.6 Å². The molecule has 1 unspecified atom stereocenters. The van der Waals surface area contributed by atoms with Crippen LogP contribution >= 0.6 is 23.2 Å². The molecule has 2 amide bonds. The van der Waals surface area contributed by atoms with Crippen molar-refractivity contribution >= 4 is 46.4 Å². The lowest BCUT2D eigenvalue weighted by Crippen LogP contribution is -2.38. The molecule has 0 fully saturated rings. The average Bonchev–Trinajstić information content (AvgIpc) is 2.75. The molecule has 1 atom stereocenters. The van der Waals surface area contributed by atoms with Gasteiger partial charge in [-0.2, -0.15) is 0 Å². The Kier molecular flexibility index (Phi) is 10.9. The van der Waals surface area contributed by atoms with Gasteiger partial charge in [-0.05, 0) is 45.0 Å². The largest absolute Gasteiger partial charge is 0.309 e. The molecule has 0 spiro atoms. The zero-order chi connectivity index (χ0) is 21.8. The lowest BCUT2D eigenvalue weighted by Gasteiger charge is -2.25. The summed E-state index contributed by atoms with van der Waals surface area (Å²) in [6.07, 6.45) is 5.32. The molecule has 6 heteroatoms. The van der Waals surface area contributed by atoms with Crippen LogP contribution in [-0.2, 0) is 9.59 Å². The molecule has 0 aliphatic carbocycles. The van der Waals surface area contributed by atoms with E-state index in [9.17, 15) is 9.59 Å². The van der Waals surface area contributed by atoms with Gasteiger partial charge in [0.1, 0.15) is 11.8 Å². The van der Waals surface area contributed by atoms with E-state index in [1.54, 1.807) is 11.8 Å². The molecule has 0 radical (unpaired) electrons. The Bertz CT molecular complexity index is 805. The summed E-state index contributed by atoms with van der Waals surface area (Å²) in [7, 11) is 0. The van der Waals surface area contributed by atoms with E-state index in [4.69, 9.17) is 29.6 Å². The van der Waals surface area contributed by atoms with Gasteiger partial charge < -0.3 is 4.90 Å². The summed E-state index contributed by atoms with van der Waals surface area (Å²) in [4.78, 5) is 26.4. The lowest BCUT2D eigenvalue weighted by molar-refractivity contribution is -0.117. The second kappa shape index (κ2) is 12.9. The average molecular weight is 433 g/mol. The first-order chi connectivity index (χ1) is 13.9. The highest BCUT2D eigenvalue weighted by molar-refractivity contribution is 6.29. The first-order valence-electron chi connectivity index (χ1n) is 9.19. The molecular weight excluding hydrogens is 407 g/mol. The number of benzene rings is 2. The highest BCUT2D eigenvalue weighted by Crippen LogP contribution is 2.17. The van der Waals surface area contributed by atoms with E-state index in [0.717, 1.165) is 11.4 Å². The molecule has 4 nitrogen and oxygen atoms in total. The van der Waals surface area contributed by atoms with Crippen molar-refractivity contribution in [1.29, 1.82) is 0 Å². The standard InChI is InChI=1S/C12H12ClNO.C11H14ClNO/c1-3-10(2)14(12(15)9-13)11-7-5-4-6-8-11;1-9(2)13(11(14)8-12)10-6-4-3-5-7-10/h1,4-8,10H,9H2,2H3;3-7,9H,8H2,1-2H3. The summed E-state index contributed by atoms with van der Waals surface area (Å²) < 4.78 is 0. The van der Waals surface area contributed by atoms with Crippen LogP contribution in [0.3, 0.4) is 0 Å². The van der Waals surface area contributed by atoms with Gasteiger partial charge in [0.2, 0.25) is 11.8 Å². The van der Waals surface area contributed by atoms with Crippen molar-refractivity contribution in [3.63, 3.8) is 0 Å². The number of para-hydroxylation sites is 2. The summed E-state index contributed by atoms with van der Waals surface area (Å²) in [6.45, 7) is 5.73. The fourth-order valence-corrected chi connectivity index (χ4v) is 2.95. The molecular formula is C23H26Cl2N2O2. The summed E-state index contributed by atoms with van der Waals surface area (Å²) in [6, 6.07) is 18.6. The van der Waals surface area contributed by atoms with Crippen LogP contribution in [-0.4, -0.2) is 35.7 Å². The molecule has 2 rings (SSSR count). The van der Waals surface area contributed by atoms with Gasteiger partial charge in [-0.1, -0.05) is 42.3 Å². The quantitative estimate of drug-likeness (QED) is 0.478. The lowest BCUT2D eigenvalue weighted by atomic mass is 10.2. The van der Waals surface area contributed by atoms with Crippen molar-refractivity contribution in [1.82, 2.24) is 0 Å². The van der Waals surface area contributed by atoms with Gasteiger partial charge in [0.15, 0.2) is 0 Å². The molecule has 0 aromatic heterocycles. The van der Waals surface area contributed by atoms with Crippen LogP contribution in [0.15, 0.2) is 60.7 Å². The minimum atomic E-state index is -0.293. The smallest absolute Gasteiger partial charge is 0.242 e. The van der Waals surface area contributed by atoms with Crippen LogP contribution in [0.25, 0.3) is 0 Å². The molecule has 2 aromatic carbocycles. The number of anilines is 2. The Balaban J connectivity index is 0.000000291. The minimum absolute atomic E-state index is 0.0209. The van der Waals surface area contributed by atoms with Gasteiger partial charge >= 0.3 is 0 Å². The number of hydrogen-bond donors (Lipinski definition) is 0. The third kappa shape index (κ3) is 7.45. The van der Waals surface area contributed by atoms with Gasteiger partial charge in [-0.15, -0.1) is 29.6 Å². The van der Waals surface area contributed by atoms with Crippen LogP contribution < -0.4 is 9.80 Å². The number of amides is 2. The molecule has 0 N–H and O–H groups in total. The zero-order valence-electron chi connectivity index (χ0n) is 16.9. The maximum Gasteiger partial charge on any atom is 0.242 e. The predicted molar refractivity (Wildman–Crippen MR) is 123 cm³/mol. The molecule has 0 heterocycles. The van der Waals surface area contributed by atoms with Gasteiger partial charge in [0.25, 0.3) is 0 Å². The minimum Gasteiger partial charge on any atom is -0.309 e. The summed E-state index contributed by atoms with van der Waals surface area (Å²) in [5.74, 6) is 2.23. The van der Waals surface area contributed by atoms with E-state index >= 15 is 0 Å². The van der Waals surface area contributed by atoms with E-state index in [0.29, 0.717) is 0 Å². The Morgan fingerprint density at radius 1 is 0.828 bits per heavy atom. The number of carbonyl (C=O) groups is 2. The van der Waals surface area contributed by atoms with Crippen molar-refractivity contribution in [2.75, 3.05) is 21.6 Å². The van der Waals surface area contributed by atoms with E-state index in [1.165, 1.54) is 4.90 Å². The zero-order valence-corrected chi connectivity index (χ0v) is 18.4. The van der Waals surface area contributed by atoms with Crippen molar-refractivity contribution in [3.05, 3.63) is 60.7 Å². The summed E-state index contributed by atoms with van der Waals surface area (Å²) >= 11 is 11.1. The van der Waals surface area contributed by atoms with Gasteiger partial charge in [-0.3, -0.25) is 14.5 Å². The first kappa shape index (κ1) is 24.6. The highest BCUT2D eigenvalue weighted by Gasteiger charge is 2.19. The number of halogens is 2. The molecule has 154 valence electrons. The Morgan fingerprint density at radius 3 is 1.55 bits per heavy atom. The molecule has 2 aromatic rings. The van der Waals surface area contributed by atoms with E-state index in [-0.39, 0.29) is 35.7 Å². The van der Waals surface area contributed by atoms with E-state index in [1.807, 2.05) is 74.5 Å². The number of alkyl halides is 2. The normalized spacial score (nSPS) is 10.9. The number of nitrogens with zero attached hydrogens (tertiary/aromatic N) is 2. The maximum atomic E-state index is 11.6. The first-order valence-corrected chi connectivity index (χ1v) is 10.3. The van der Waals surface area contributed by atoms with Crippen LogP contribution in [0.4, 0.5) is 11.4 Å². The highest BCUT2D eigenvalue weighted by atomic mass is 35.5. The SMILES string of the molecule is C#CC(C)N(C(=O)CCl)c1ccccc1.CC(C)N(C(=O)CCl)c1ccccc1. The summed E-state index contributed by atoms with van der Waals surface area (Å²) in [5, 5.41) is 0. The monoisotopic (exact) mass is 432 g/mol. The van der Waals surface area contributed by atoms with Crippen LogP contribution in [0.2, 0.25) is 0 Å². The van der Waals surface area contributed by atoms with Gasteiger partial charge in [0.05, 0.1) is 6.04 Å². The number of carbonyl (C=O) groups excluding carboxylic acids is 2. The van der Waals surface area contributed by atoms with Crippen molar-refractivity contribution in [2.45, 2.75) is 32.9 Å². The third-order valence-corrected chi connectivity index (χ3v) is 4.44. The van der Waals surface area contributed by atoms with E-state index < -0.39 is 0 Å². The van der Waals surface area contributed by atoms with E-state index in [2.05, 4.69) is 5.92 Å². The Hall–Kier alpha value is -2.48. The maximum absolute atomic E-state index is 11.6. The third-order valence-electron chi connectivity index (χ3n) is 3.98. The van der Waals surface area contributed by atoms with Crippen LogP contribution in [0.1, 0.15) is 20.8 Å². The molecule has 0 aliphatic rings. The van der Waals surface area contributed by atoms with Crippen molar-refractivity contribution < 1.29 is 9.59 Å². The molecule has 0 saturated carbocycles. The molecule has 29 heavy (non-hydrogen) atoms. The number of terminal acetylenes is 1. The van der Waals surface area contributed by atoms with Gasteiger partial charge in [-0.25, -0.2) is 0 Å². The fraction of sp³-hybridized carbons (Fsp3) is 0.304. The number of hydrogen-bond acceptors (Lipinski definition) is 2. The second-order valence-electron chi connectivity index (χ2n) is 6.40. The molecule has 0 aliphatic heterocycles. The Morgan fingerprint density at radius 2 is 1.21 bits per heavy atom. The predicted octanol–water partition coefficient (Wildman–Crippen LogP) is 4.95. The van der Waals surface area contributed by atoms with Gasteiger partial charge in [0, 0.05) is 17.4 Å². The summed E-state index contributed by atoms with van der Waals surface area (Å²) in [5.41, 5.74) is 1.67. The Labute approximate surface area is 183 Å². The fourth-order valence-electron chi connectivity index (χ4n) is 2.69. The second-order valence-corrected chi connectivity index (χ2v) is 6.94. The molecule has 0 bridgehead atoms. The van der Waals surface area contributed by atoms with Crippen molar-refractivity contribution in [3.8, 4) is 12.3 Å². The van der Waals surface area contributed by atoms with Crippen LogP contribution in [0.5, 0.6) is 0 Å².